The molecule has 0 unspecified atom stereocenters. The summed E-state index contributed by atoms with van der Waals surface area (Å²) in [6.07, 6.45) is 3.45. The SMILES string of the molecule is c1ccc2cc3[nH]cnc3cc2c1.c1ccc2cc3[nH]cnc3cc2c1. The summed E-state index contributed by atoms with van der Waals surface area (Å²) in [7, 11) is 0. The zero-order valence-corrected chi connectivity index (χ0v) is 14.0. The summed E-state index contributed by atoms with van der Waals surface area (Å²) in [6.45, 7) is 0. The summed E-state index contributed by atoms with van der Waals surface area (Å²) < 4.78 is 0. The third-order valence-electron chi connectivity index (χ3n) is 4.58. The quantitative estimate of drug-likeness (QED) is 0.388. The fraction of sp³-hybridized carbons (Fsp3) is 0. The van der Waals surface area contributed by atoms with Crippen LogP contribution in [-0.2, 0) is 0 Å². The Bertz CT molecular complexity index is 1140. The van der Waals surface area contributed by atoms with Crippen LogP contribution < -0.4 is 0 Å². The van der Waals surface area contributed by atoms with Crippen molar-refractivity contribution < 1.29 is 0 Å². The summed E-state index contributed by atoms with van der Waals surface area (Å²) in [4.78, 5) is 14.6. The molecule has 0 aliphatic heterocycles. The van der Waals surface area contributed by atoms with Crippen LogP contribution in [0.5, 0.6) is 0 Å². The normalized spacial score (nSPS) is 11.1. The van der Waals surface area contributed by atoms with Crippen LogP contribution in [0.15, 0.2) is 85.5 Å². The fourth-order valence-electron chi connectivity index (χ4n) is 3.24. The molecule has 0 fully saturated rings. The summed E-state index contributed by atoms with van der Waals surface area (Å²) in [5, 5.41) is 4.97. The first-order valence-corrected chi connectivity index (χ1v) is 8.51. The Hall–Kier alpha value is -3.66. The highest BCUT2D eigenvalue weighted by molar-refractivity contribution is 5.95. The fourth-order valence-corrected chi connectivity index (χ4v) is 3.24. The van der Waals surface area contributed by atoms with Gasteiger partial charge in [-0.2, -0.15) is 0 Å². The number of imidazole rings is 2. The zero-order chi connectivity index (χ0) is 17.3. The first kappa shape index (κ1) is 14.7. The van der Waals surface area contributed by atoms with Gasteiger partial charge in [-0.25, -0.2) is 9.97 Å². The lowest BCUT2D eigenvalue weighted by Crippen LogP contribution is -1.73. The second-order valence-corrected chi connectivity index (χ2v) is 6.24. The molecule has 2 aromatic heterocycles. The maximum absolute atomic E-state index is 4.21. The van der Waals surface area contributed by atoms with Crippen LogP contribution in [0.3, 0.4) is 0 Å². The van der Waals surface area contributed by atoms with Crippen molar-refractivity contribution >= 4 is 43.6 Å². The molecule has 6 aromatic rings. The molecule has 0 aliphatic carbocycles. The summed E-state index contributed by atoms with van der Waals surface area (Å²) in [5.74, 6) is 0. The van der Waals surface area contributed by atoms with Crippen molar-refractivity contribution in [2.75, 3.05) is 0 Å². The maximum atomic E-state index is 4.21. The number of hydrogen-bond acceptors (Lipinski definition) is 2. The molecule has 0 amide bonds. The molecule has 4 nitrogen and oxygen atoms in total. The van der Waals surface area contributed by atoms with E-state index in [4.69, 9.17) is 0 Å². The summed E-state index contributed by atoms with van der Waals surface area (Å²) in [6, 6.07) is 25.0. The lowest BCUT2D eigenvalue weighted by Gasteiger charge is -1.95. The maximum Gasteiger partial charge on any atom is 0.0931 e. The van der Waals surface area contributed by atoms with Crippen LogP contribution in [-0.4, -0.2) is 19.9 Å². The van der Waals surface area contributed by atoms with E-state index in [1.807, 2.05) is 24.3 Å². The van der Waals surface area contributed by atoms with E-state index in [1.165, 1.54) is 21.5 Å². The first-order valence-electron chi connectivity index (χ1n) is 8.51. The Labute approximate surface area is 149 Å². The van der Waals surface area contributed by atoms with Crippen LogP contribution >= 0.6 is 0 Å². The molecule has 0 spiro atoms. The number of benzene rings is 4. The molecule has 0 saturated carbocycles. The molecular weight excluding hydrogens is 320 g/mol. The minimum absolute atomic E-state index is 1.03. The molecule has 0 saturated heterocycles. The van der Waals surface area contributed by atoms with Crippen LogP contribution in [0.25, 0.3) is 43.6 Å². The molecule has 4 aromatic carbocycles. The number of aromatic nitrogens is 4. The van der Waals surface area contributed by atoms with E-state index in [1.54, 1.807) is 12.7 Å². The van der Waals surface area contributed by atoms with Crippen LogP contribution in [0.4, 0.5) is 0 Å². The van der Waals surface area contributed by atoms with E-state index < -0.39 is 0 Å². The highest BCUT2D eigenvalue weighted by Crippen LogP contribution is 2.20. The number of nitrogens with zero attached hydrogens (tertiary/aromatic N) is 2. The number of rotatable bonds is 0. The third kappa shape index (κ3) is 2.58. The third-order valence-corrected chi connectivity index (χ3v) is 4.58. The van der Waals surface area contributed by atoms with E-state index in [2.05, 4.69) is 68.5 Å². The molecule has 4 heteroatoms. The van der Waals surface area contributed by atoms with Crippen molar-refractivity contribution in [3.63, 3.8) is 0 Å². The van der Waals surface area contributed by atoms with Gasteiger partial charge < -0.3 is 9.97 Å². The molecule has 6 rings (SSSR count). The molecule has 0 atom stereocenters. The van der Waals surface area contributed by atoms with Gasteiger partial charge in [-0.15, -0.1) is 0 Å². The van der Waals surface area contributed by atoms with Crippen molar-refractivity contribution in [3.05, 3.63) is 85.5 Å². The van der Waals surface area contributed by atoms with Crippen LogP contribution in [0.1, 0.15) is 0 Å². The number of hydrogen-bond donors (Lipinski definition) is 2. The molecule has 0 aliphatic rings. The number of fused-ring (bicyclic) bond motifs is 4. The zero-order valence-electron chi connectivity index (χ0n) is 14.0. The Kier molecular flexibility index (Phi) is 3.39. The standard InChI is InChI=1S/2C11H8N2/c2*1-2-4-9-6-11-10(12-7-13-11)5-8(9)3-1/h2*1-7H,(H,12,13). The molecule has 26 heavy (non-hydrogen) atoms. The van der Waals surface area contributed by atoms with Crippen LogP contribution in [0.2, 0.25) is 0 Å². The van der Waals surface area contributed by atoms with E-state index in [0.717, 1.165) is 22.1 Å². The topological polar surface area (TPSA) is 57.4 Å². The molecule has 2 heterocycles. The first-order chi connectivity index (χ1) is 12.9. The second-order valence-electron chi connectivity index (χ2n) is 6.24. The predicted molar refractivity (Wildman–Crippen MR) is 107 cm³/mol. The van der Waals surface area contributed by atoms with Gasteiger partial charge in [0.2, 0.25) is 0 Å². The lowest BCUT2D eigenvalue weighted by atomic mass is 10.1. The molecule has 0 radical (unpaired) electrons. The Morgan fingerprint density at radius 2 is 0.885 bits per heavy atom. The average molecular weight is 336 g/mol. The molecular formula is C22H16N4. The minimum atomic E-state index is 1.03. The van der Waals surface area contributed by atoms with Crippen molar-refractivity contribution in [3.8, 4) is 0 Å². The van der Waals surface area contributed by atoms with Gasteiger partial charge in [0.1, 0.15) is 0 Å². The second kappa shape index (κ2) is 6.01. The molecule has 2 N–H and O–H groups in total. The molecule has 124 valence electrons. The highest BCUT2D eigenvalue weighted by atomic mass is 14.9. The largest absolute Gasteiger partial charge is 0.345 e. The minimum Gasteiger partial charge on any atom is -0.345 e. The van der Waals surface area contributed by atoms with Gasteiger partial charge in [0.05, 0.1) is 34.7 Å². The van der Waals surface area contributed by atoms with Gasteiger partial charge in [0.25, 0.3) is 0 Å². The van der Waals surface area contributed by atoms with Crippen molar-refractivity contribution in [2.24, 2.45) is 0 Å². The van der Waals surface area contributed by atoms with Crippen molar-refractivity contribution in [2.45, 2.75) is 0 Å². The Balaban J connectivity index is 0.000000115. The summed E-state index contributed by atoms with van der Waals surface area (Å²) in [5.41, 5.74) is 4.25. The molecule has 0 bridgehead atoms. The monoisotopic (exact) mass is 336 g/mol. The Morgan fingerprint density at radius 3 is 1.31 bits per heavy atom. The number of aromatic amines is 2. The van der Waals surface area contributed by atoms with Crippen molar-refractivity contribution in [1.82, 2.24) is 19.9 Å². The average Bonchev–Trinajstić information content (AvgIpc) is 3.33. The van der Waals surface area contributed by atoms with E-state index in [-0.39, 0.29) is 0 Å². The van der Waals surface area contributed by atoms with E-state index in [0.29, 0.717) is 0 Å². The van der Waals surface area contributed by atoms with Gasteiger partial charge in [-0.3, -0.25) is 0 Å². The van der Waals surface area contributed by atoms with Crippen LogP contribution in [0, 0.1) is 0 Å². The van der Waals surface area contributed by atoms with Gasteiger partial charge in [0, 0.05) is 0 Å². The van der Waals surface area contributed by atoms with Gasteiger partial charge in [-0.1, -0.05) is 48.5 Å². The Morgan fingerprint density at radius 1 is 0.500 bits per heavy atom. The van der Waals surface area contributed by atoms with E-state index in [9.17, 15) is 0 Å². The van der Waals surface area contributed by atoms with E-state index >= 15 is 0 Å². The highest BCUT2D eigenvalue weighted by Gasteiger charge is 1.98. The number of nitrogens with one attached hydrogen (secondary N) is 2. The van der Waals surface area contributed by atoms with Gasteiger partial charge in [0.15, 0.2) is 0 Å². The van der Waals surface area contributed by atoms with Gasteiger partial charge in [-0.05, 0) is 45.8 Å². The smallest absolute Gasteiger partial charge is 0.0931 e. The van der Waals surface area contributed by atoms with Crippen molar-refractivity contribution in [1.29, 1.82) is 0 Å². The number of H-pyrrole nitrogens is 2. The summed E-state index contributed by atoms with van der Waals surface area (Å²) >= 11 is 0. The van der Waals surface area contributed by atoms with Gasteiger partial charge >= 0.3 is 0 Å². The lowest BCUT2D eigenvalue weighted by molar-refractivity contribution is 1.34. The predicted octanol–water partition coefficient (Wildman–Crippen LogP) is 5.43.